The van der Waals surface area contributed by atoms with Crippen molar-refractivity contribution in [2.75, 3.05) is 18.5 Å². The lowest BCUT2D eigenvalue weighted by Crippen LogP contribution is -2.28. The van der Waals surface area contributed by atoms with Crippen molar-refractivity contribution >= 4 is 5.82 Å². The highest BCUT2D eigenvalue weighted by Gasteiger charge is 2.22. The number of nitrogens with zero attached hydrogens (tertiary/aromatic N) is 2. The lowest BCUT2D eigenvalue weighted by molar-refractivity contribution is 0.269. The first-order valence-electron chi connectivity index (χ1n) is 6.14. The van der Waals surface area contributed by atoms with Gasteiger partial charge < -0.3 is 10.1 Å². The first-order chi connectivity index (χ1) is 7.95. The van der Waals surface area contributed by atoms with Crippen LogP contribution in [-0.2, 0) is 0 Å². The van der Waals surface area contributed by atoms with Crippen LogP contribution >= 0.6 is 0 Å². The van der Waals surface area contributed by atoms with Crippen LogP contribution in [0.4, 0.5) is 5.82 Å². The van der Waals surface area contributed by atoms with Gasteiger partial charge in [-0.2, -0.15) is 0 Å². The van der Waals surface area contributed by atoms with Gasteiger partial charge in [0.15, 0.2) is 0 Å². The Morgan fingerprint density at radius 1 is 1.35 bits per heavy atom. The van der Waals surface area contributed by atoms with E-state index in [-0.39, 0.29) is 5.41 Å². The molecule has 0 saturated carbocycles. The summed E-state index contributed by atoms with van der Waals surface area (Å²) in [6, 6.07) is 1.83. The standard InChI is InChI=1S/C13H23N3O/c1-6-17-12-7-11(15-9-16-12)14-8-13(4,5)10(2)3/h7,9-10H,6,8H2,1-5H3,(H,14,15,16). The normalized spacial score (nSPS) is 11.6. The fourth-order valence-electron chi connectivity index (χ4n) is 1.19. The van der Waals surface area contributed by atoms with E-state index in [0.717, 1.165) is 12.4 Å². The number of hydrogen-bond acceptors (Lipinski definition) is 4. The first-order valence-corrected chi connectivity index (χ1v) is 6.14. The zero-order valence-corrected chi connectivity index (χ0v) is 11.4. The molecule has 1 heterocycles. The molecule has 17 heavy (non-hydrogen) atoms. The van der Waals surface area contributed by atoms with Gasteiger partial charge in [0.05, 0.1) is 6.61 Å². The van der Waals surface area contributed by atoms with Gasteiger partial charge in [0.25, 0.3) is 0 Å². The molecule has 0 saturated heterocycles. The second kappa shape index (κ2) is 5.84. The molecule has 0 aliphatic rings. The van der Waals surface area contributed by atoms with Crippen LogP contribution in [0.1, 0.15) is 34.6 Å². The SMILES string of the molecule is CCOc1cc(NCC(C)(C)C(C)C)ncn1. The molecule has 0 aromatic carbocycles. The Balaban J connectivity index is 2.60. The topological polar surface area (TPSA) is 47.0 Å². The van der Waals surface area contributed by atoms with Crippen LogP contribution in [0.2, 0.25) is 0 Å². The molecule has 0 atom stereocenters. The lowest BCUT2D eigenvalue weighted by Gasteiger charge is -2.29. The number of ether oxygens (including phenoxy) is 1. The third-order valence-corrected chi connectivity index (χ3v) is 3.22. The molecule has 0 aliphatic carbocycles. The van der Waals surface area contributed by atoms with E-state index < -0.39 is 0 Å². The van der Waals surface area contributed by atoms with Crippen molar-refractivity contribution in [3.8, 4) is 5.88 Å². The summed E-state index contributed by atoms with van der Waals surface area (Å²) in [5, 5.41) is 3.33. The van der Waals surface area contributed by atoms with Crippen LogP contribution in [0.3, 0.4) is 0 Å². The third-order valence-electron chi connectivity index (χ3n) is 3.22. The number of rotatable bonds is 6. The van der Waals surface area contributed by atoms with Crippen LogP contribution in [0, 0.1) is 11.3 Å². The molecule has 96 valence electrons. The Kier molecular flexibility index (Phi) is 4.73. The quantitative estimate of drug-likeness (QED) is 0.826. The van der Waals surface area contributed by atoms with Crippen LogP contribution in [0.25, 0.3) is 0 Å². The summed E-state index contributed by atoms with van der Waals surface area (Å²) in [5.41, 5.74) is 0.233. The van der Waals surface area contributed by atoms with Gasteiger partial charge in [0.2, 0.25) is 5.88 Å². The predicted octanol–water partition coefficient (Wildman–Crippen LogP) is 2.97. The molecule has 4 heteroatoms. The molecule has 0 aliphatic heterocycles. The van der Waals surface area contributed by atoms with Gasteiger partial charge in [-0.05, 0) is 18.3 Å². The van der Waals surface area contributed by atoms with Crippen molar-refractivity contribution in [1.29, 1.82) is 0 Å². The fourth-order valence-corrected chi connectivity index (χ4v) is 1.19. The Morgan fingerprint density at radius 2 is 2.06 bits per heavy atom. The fraction of sp³-hybridized carbons (Fsp3) is 0.692. The van der Waals surface area contributed by atoms with E-state index >= 15 is 0 Å². The molecule has 1 aromatic rings. The van der Waals surface area contributed by atoms with Crippen molar-refractivity contribution in [2.45, 2.75) is 34.6 Å². The summed E-state index contributed by atoms with van der Waals surface area (Å²) >= 11 is 0. The van der Waals surface area contributed by atoms with Gasteiger partial charge in [0, 0.05) is 12.6 Å². The minimum absolute atomic E-state index is 0.233. The highest BCUT2D eigenvalue weighted by molar-refractivity contribution is 5.37. The van der Waals surface area contributed by atoms with Crippen LogP contribution in [0.5, 0.6) is 5.88 Å². The molecule has 0 bridgehead atoms. The molecule has 0 spiro atoms. The summed E-state index contributed by atoms with van der Waals surface area (Å²) < 4.78 is 5.33. The van der Waals surface area contributed by atoms with Crippen LogP contribution in [-0.4, -0.2) is 23.1 Å². The second-order valence-corrected chi connectivity index (χ2v) is 5.17. The molecule has 0 amide bonds. The average Bonchev–Trinajstić information content (AvgIpc) is 2.27. The van der Waals surface area contributed by atoms with E-state index in [1.807, 2.05) is 13.0 Å². The van der Waals surface area contributed by atoms with E-state index in [9.17, 15) is 0 Å². The van der Waals surface area contributed by atoms with E-state index in [0.29, 0.717) is 18.4 Å². The van der Waals surface area contributed by atoms with E-state index in [2.05, 4.69) is 43.0 Å². The maximum Gasteiger partial charge on any atom is 0.218 e. The van der Waals surface area contributed by atoms with E-state index in [1.165, 1.54) is 6.33 Å². The Bertz CT molecular complexity index is 350. The Labute approximate surface area is 104 Å². The summed E-state index contributed by atoms with van der Waals surface area (Å²) in [6.07, 6.45) is 1.52. The van der Waals surface area contributed by atoms with Crippen molar-refractivity contribution in [3.05, 3.63) is 12.4 Å². The van der Waals surface area contributed by atoms with Crippen LogP contribution in [0.15, 0.2) is 12.4 Å². The second-order valence-electron chi connectivity index (χ2n) is 5.17. The molecular weight excluding hydrogens is 214 g/mol. The summed E-state index contributed by atoms with van der Waals surface area (Å²) in [4.78, 5) is 8.22. The highest BCUT2D eigenvalue weighted by atomic mass is 16.5. The Morgan fingerprint density at radius 3 is 2.65 bits per heavy atom. The maximum absolute atomic E-state index is 5.33. The molecule has 1 aromatic heterocycles. The molecule has 0 radical (unpaired) electrons. The smallest absolute Gasteiger partial charge is 0.218 e. The lowest BCUT2D eigenvalue weighted by atomic mass is 9.81. The number of nitrogens with one attached hydrogen (secondary N) is 1. The summed E-state index contributed by atoms with van der Waals surface area (Å²) in [6.45, 7) is 12.4. The monoisotopic (exact) mass is 237 g/mol. The van der Waals surface area contributed by atoms with E-state index in [4.69, 9.17) is 4.74 Å². The zero-order chi connectivity index (χ0) is 12.9. The molecular formula is C13H23N3O. The predicted molar refractivity (Wildman–Crippen MR) is 70.3 cm³/mol. The van der Waals surface area contributed by atoms with Crippen molar-refractivity contribution < 1.29 is 4.74 Å². The number of aromatic nitrogens is 2. The maximum atomic E-state index is 5.33. The van der Waals surface area contributed by atoms with Gasteiger partial charge in [-0.3, -0.25) is 0 Å². The summed E-state index contributed by atoms with van der Waals surface area (Å²) in [5.74, 6) is 2.05. The molecule has 1 N–H and O–H groups in total. The van der Waals surface area contributed by atoms with Crippen LogP contribution < -0.4 is 10.1 Å². The summed E-state index contributed by atoms with van der Waals surface area (Å²) in [7, 11) is 0. The Hall–Kier alpha value is -1.32. The van der Waals surface area contributed by atoms with Crippen molar-refractivity contribution in [2.24, 2.45) is 11.3 Å². The van der Waals surface area contributed by atoms with Gasteiger partial charge in [0.1, 0.15) is 12.1 Å². The van der Waals surface area contributed by atoms with Gasteiger partial charge in [-0.25, -0.2) is 9.97 Å². The van der Waals surface area contributed by atoms with Gasteiger partial charge in [-0.1, -0.05) is 27.7 Å². The number of hydrogen-bond donors (Lipinski definition) is 1. The molecule has 1 rings (SSSR count). The van der Waals surface area contributed by atoms with Gasteiger partial charge in [-0.15, -0.1) is 0 Å². The highest BCUT2D eigenvalue weighted by Crippen LogP contribution is 2.26. The first kappa shape index (κ1) is 13.7. The largest absolute Gasteiger partial charge is 0.478 e. The molecule has 0 unspecified atom stereocenters. The molecule has 4 nitrogen and oxygen atoms in total. The minimum atomic E-state index is 0.233. The zero-order valence-electron chi connectivity index (χ0n) is 11.4. The minimum Gasteiger partial charge on any atom is -0.478 e. The third kappa shape index (κ3) is 4.21. The van der Waals surface area contributed by atoms with Crippen molar-refractivity contribution in [3.63, 3.8) is 0 Å². The average molecular weight is 237 g/mol. The molecule has 0 fully saturated rings. The van der Waals surface area contributed by atoms with Gasteiger partial charge >= 0.3 is 0 Å². The van der Waals surface area contributed by atoms with E-state index in [1.54, 1.807) is 0 Å². The van der Waals surface area contributed by atoms with Crippen molar-refractivity contribution in [1.82, 2.24) is 9.97 Å². The number of anilines is 1.